The Balaban J connectivity index is 1.50. The highest BCUT2D eigenvalue weighted by Crippen LogP contribution is 2.19. The van der Waals surface area contributed by atoms with Crippen molar-refractivity contribution in [1.29, 1.82) is 0 Å². The number of rotatable bonds is 11. The van der Waals surface area contributed by atoms with E-state index in [0.717, 1.165) is 28.7 Å². The van der Waals surface area contributed by atoms with Gasteiger partial charge in [-0.25, -0.2) is 0 Å². The molecule has 7 heteroatoms. The van der Waals surface area contributed by atoms with Crippen LogP contribution in [-0.2, 0) is 24.2 Å². The van der Waals surface area contributed by atoms with Gasteiger partial charge in [-0.2, -0.15) is 0 Å². The largest absolute Gasteiger partial charge is 0.497 e. The summed E-state index contributed by atoms with van der Waals surface area (Å²) in [6, 6.07) is 18.0. The smallest absolute Gasteiger partial charge is 0.230 e. The van der Waals surface area contributed by atoms with E-state index in [4.69, 9.17) is 4.74 Å². The second-order valence-corrected chi connectivity index (χ2v) is 7.64. The second-order valence-electron chi connectivity index (χ2n) is 6.70. The SMILES string of the molecule is C=CCn1c(Cc2ccccc2)nnc1SCC(=O)NCCc1ccc(OC)cc1. The van der Waals surface area contributed by atoms with Crippen LogP contribution in [0.4, 0.5) is 0 Å². The number of ether oxygens (including phenoxy) is 1. The second kappa shape index (κ2) is 11.2. The zero-order valence-corrected chi connectivity index (χ0v) is 17.9. The number of aromatic nitrogens is 3. The molecule has 0 fully saturated rings. The summed E-state index contributed by atoms with van der Waals surface area (Å²) in [5.74, 6) is 1.97. The number of carbonyl (C=O) groups is 1. The number of hydrogen-bond acceptors (Lipinski definition) is 5. The Morgan fingerprint density at radius 3 is 2.60 bits per heavy atom. The monoisotopic (exact) mass is 422 g/mol. The van der Waals surface area contributed by atoms with E-state index in [1.54, 1.807) is 7.11 Å². The predicted molar refractivity (Wildman–Crippen MR) is 120 cm³/mol. The molecule has 1 N–H and O–H groups in total. The minimum absolute atomic E-state index is 0.0220. The van der Waals surface area contributed by atoms with Crippen molar-refractivity contribution in [2.75, 3.05) is 19.4 Å². The van der Waals surface area contributed by atoms with Crippen molar-refractivity contribution < 1.29 is 9.53 Å². The van der Waals surface area contributed by atoms with Crippen molar-refractivity contribution in [2.45, 2.75) is 24.5 Å². The van der Waals surface area contributed by atoms with Crippen molar-refractivity contribution >= 4 is 17.7 Å². The first-order chi connectivity index (χ1) is 14.7. The molecule has 0 saturated heterocycles. The lowest BCUT2D eigenvalue weighted by atomic mass is 10.1. The summed E-state index contributed by atoms with van der Waals surface area (Å²) < 4.78 is 7.17. The number of thioether (sulfide) groups is 1. The number of methoxy groups -OCH3 is 1. The summed E-state index contributed by atoms with van der Waals surface area (Å²) in [6.45, 7) is 5.02. The van der Waals surface area contributed by atoms with Crippen molar-refractivity contribution in [3.63, 3.8) is 0 Å². The van der Waals surface area contributed by atoms with Crippen LogP contribution >= 0.6 is 11.8 Å². The van der Waals surface area contributed by atoms with E-state index in [2.05, 4.69) is 34.2 Å². The molecule has 1 aromatic heterocycles. The molecule has 3 aromatic rings. The summed E-state index contributed by atoms with van der Waals surface area (Å²) in [5, 5.41) is 12.3. The molecule has 1 amide bonds. The fourth-order valence-corrected chi connectivity index (χ4v) is 3.76. The third-order valence-electron chi connectivity index (χ3n) is 4.54. The third kappa shape index (κ3) is 6.22. The van der Waals surface area contributed by atoms with Crippen LogP contribution in [0.5, 0.6) is 5.75 Å². The van der Waals surface area contributed by atoms with Gasteiger partial charge < -0.3 is 14.6 Å². The van der Waals surface area contributed by atoms with Gasteiger partial charge in [0.2, 0.25) is 5.91 Å². The van der Waals surface area contributed by atoms with E-state index in [-0.39, 0.29) is 5.91 Å². The first kappa shape index (κ1) is 21.6. The van der Waals surface area contributed by atoms with Crippen molar-refractivity contribution in [1.82, 2.24) is 20.1 Å². The molecule has 0 bridgehead atoms. The molecule has 0 spiro atoms. The van der Waals surface area contributed by atoms with E-state index >= 15 is 0 Å². The van der Waals surface area contributed by atoms with Gasteiger partial charge in [0, 0.05) is 19.5 Å². The van der Waals surface area contributed by atoms with Gasteiger partial charge in [-0.15, -0.1) is 16.8 Å². The molecule has 0 radical (unpaired) electrons. The number of nitrogens with one attached hydrogen (secondary N) is 1. The Morgan fingerprint density at radius 1 is 1.13 bits per heavy atom. The van der Waals surface area contributed by atoms with Gasteiger partial charge in [0.15, 0.2) is 5.16 Å². The number of allylic oxidation sites excluding steroid dienone is 1. The Bertz CT molecular complexity index is 955. The molecule has 2 aromatic carbocycles. The molecule has 156 valence electrons. The van der Waals surface area contributed by atoms with Crippen LogP contribution in [0.2, 0.25) is 0 Å². The maximum atomic E-state index is 12.2. The molecule has 0 saturated carbocycles. The Labute approximate surface area is 181 Å². The number of benzene rings is 2. The van der Waals surface area contributed by atoms with E-state index in [0.29, 0.717) is 25.3 Å². The highest BCUT2D eigenvalue weighted by molar-refractivity contribution is 7.99. The molecule has 0 aliphatic heterocycles. The molecule has 0 atom stereocenters. The van der Waals surface area contributed by atoms with Gasteiger partial charge in [-0.1, -0.05) is 60.3 Å². The number of nitrogens with zero attached hydrogens (tertiary/aromatic N) is 3. The normalized spacial score (nSPS) is 10.6. The molecule has 3 rings (SSSR count). The summed E-state index contributed by atoms with van der Waals surface area (Å²) in [7, 11) is 1.65. The van der Waals surface area contributed by atoms with Gasteiger partial charge in [0.25, 0.3) is 0 Å². The average molecular weight is 423 g/mol. The molecule has 0 aliphatic carbocycles. The fourth-order valence-electron chi connectivity index (χ4n) is 2.97. The van der Waals surface area contributed by atoms with Crippen LogP contribution < -0.4 is 10.1 Å². The lowest BCUT2D eigenvalue weighted by Gasteiger charge is -2.08. The van der Waals surface area contributed by atoms with Gasteiger partial charge in [0.1, 0.15) is 11.6 Å². The maximum absolute atomic E-state index is 12.2. The highest BCUT2D eigenvalue weighted by atomic mass is 32.2. The quantitative estimate of drug-likeness (QED) is 0.378. The Morgan fingerprint density at radius 2 is 1.90 bits per heavy atom. The summed E-state index contributed by atoms with van der Waals surface area (Å²) in [4.78, 5) is 12.2. The van der Waals surface area contributed by atoms with Gasteiger partial charge in [-0.3, -0.25) is 4.79 Å². The van der Waals surface area contributed by atoms with Crippen LogP contribution in [0, 0.1) is 0 Å². The maximum Gasteiger partial charge on any atom is 0.230 e. The van der Waals surface area contributed by atoms with Crippen LogP contribution in [0.3, 0.4) is 0 Å². The van der Waals surface area contributed by atoms with Crippen molar-refractivity contribution in [2.24, 2.45) is 0 Å². The minimum atomic E-state index is -0.0220. The van der Waals surface area contributed by atoms with Crippen LogP contribution in [0.25, 0.3) is 0 Å². The number of hydrogen-bond donors (Lipinski definition) is 1. The minimum Gasteiger partial charge on any atom is -0.497 e. The summed E-state index contributed by atoms with van der Waals surface area (Å²) in [5.41, 5.74) is 2.32. The van der Waals surface area contributed by atoms with E-state index in [9.17, 15) is 4.79 Å². The fraction of sp³-hybridized carbons (Fsp3) is 0.261. The van der Waals surface area contributed by atoms with E-state index in [1.807, 2.05) is 53.1 Å². The standard InChI is InChI=1S/C23H26N4O2S/c1-3-15-27-21(16-19-7-5-4-6-8-19)25-26-23(27)30-17-22(28)24-14-13-18-9-11-20(29-2)12-10-18/h3-12H,1,13-17H2,2H3,(H,24,28). The molecule has 1 heterocycles. The summed E-state index contributed by atoms with van der Waals surface area (Å²) >= 11 is 1.39. The predicted octanol–water partition coefficient (Wildman–Crippen LogP) is 3.51. The Hall–Kier alpha value is -3.06. The average Bonchev–Trinajstić information content (AvgIpc) is 3.15. The molecule has 30 heavy (non-hydrogen) atoms. The van der Waals surface area contributed by atoms with Crippen molar-refractivity contribution in [3.05, 3.63) is 84.2 Å². The summed E-state index contributed by atoms with van der Waals surface area (Å²) in [6.07, 6.45) is 3.28. The zero-order chi connectivity index (χ0) is 21.2. The van der Waals surface area contributed by atoms with E-state index in [1.165, 1.54) is 17.3 Å². The molecule has 0 aliphatic rings. The van der Waals surface area contributed by atoms with Gasteiger partial charge in [0.05, 0.1) is 12.9 Å². The molecular weight excluding hydrogens is 396 g/mol. The lowest BCUT2D eigenvalue weighted by Crippen LogP contribution is -2.27. The third-order valence-corrected chi connectivity index (χ3v) is 5.50. The van der Waals surface area contributed by atoms with Gasteiger partial charge in [-0.05, 0) is 29.7 Å². The highest BCUT2D eigenvalue weighted by Gasteiger charge is 2.14. The Kier molecular flexibility index (Phi) is 8.09. The van der Waals surface area contributed by atoms with Crippen LogP contribution in [-0.4, -0.2) is 40.1 Å². The lowest BCUT2D eigenvalue weighted by molar-refractivity contribution is -0.118. The number of carbonyl (C=O) groups excluding carboxylic acids is 1. The van der Waals surface area contributed by atoms with E-state index < -0.39 is 0 Å². The van der Waals surface area contributed by atoms with Crippen molar-refractivity contribution in [3.8, 4) is 5.75 Å². The molecule has 6 nitrogen and oxygen atoms in total. The van der Waals surface area contributed by atoms with Crippen LogP contribution in [0.15, 0.2) is 72.4 Å². The first-order valence-corrected chi connectivity index (χ1v) is 10.8. The first-order valence-electron chi connectivity index (χ1n) is 9.79. The molecule has 0 unspecified atom stereocenters. The topological polar surface area (TPSA) is 69.0 Å². The zero-order valence-electron chi connectivity index (χ0n) is 17.1. The number of amides is 1. The van der Waals surface area contributed by atoms with Gasteiger partial charge >= 0.3 is 0 Å². The molecular formula is C23H26N4O2S. The van der Waals surface area contributed by atoms with Crippen LogP contribution in [0.1, 0.15) is 17.0 Å².